The highest BCUT2D eigenvalue weighted by atomic mass is 35.5. The van der Waals surface area contributed by atoms with Crippen molar-refractivity contribution in [2.24, 2.45) is 10.2 Å². The lowest BCUT2D eigenvalue weighted by atomic mass is 10.2. The zero-order valence-corrected chi connectivity index (χ0v) is 14.4. The highest BCUT2D eigenvalue weighted by molar-refractivity contribution is 6.31. The van der Waals surface area contributed by atoms with Crippen molar-refractivity contribution in [1.82, 2.24) is 9.38 Å². The van der Waals surface area contributed by atoms with Gasteiger partial charge in [-0.2, -0.15) is 0 Å². The minimum absolute atomic E-state index is 0.0194. The molecule has 0 amide bonds. The lowest BCUT2D eigenvalue weighted by Gasteiger charge is -2.02. The summed E-state index contributed by atoms with van der Waals surface area (Å²) in [4.78, 5) is 15.9. The molecule has 0 radical (unpaired) electrons. The predicted molar refractivity (Wildman–Crippen MR) is 92.9 cm³/mol. The molecule has 25 heavy (non-hydrogen) atoms. The Morgan fingerprint density at radius 3 is 2.88 bits per heavy atom. The van der Waals surface area contributed by atoms with E-state index in [2.05, 4.69) is 15.2 Å². The first-order valence-corrected chi connectivity index (χ1v) is 7.81. The van der Waals surface area contributed by atoms with Crippen molar-refractivity contribution in [2.45, 2.75) is 13.3 Å². The van der Waals surface area contributed by atoms with Gasteiger partial charge in [-0.05, 0) is 36.8 Å². The lowest BCUT2D eigenvalue weighted by molar-refractivity contribution is -0.139. The van der Waals surface area contributed by atoms with E-state index in [0.29, 0.717) is 22.2 Å². The van der Waals surface area contributed by atoms with Crippen molar-refractivity contribution in [3.05, 3.63) is 52.8 Å². The van der Waals surface area contributed by atoms with Crippen LogP contribution in [0, 0.1) is 6.92 Å². The van der Waals surface area contributed by atoms with Crippen LogP contribution in [0.15, 0.2) is 46.8 Å². The molecule has 1 N–H and O–H groups in total. The van der Waals surface area contributed by atoms with Crippen LogP contribution >= 0.6 is 11.6 Å². The number of carbonyl (C=O) groups is 1. The van der Waals surface area contributed by atoms with Gasteiger partial charge in [-0.25, -0.2) is 4.98 Å². The van der Waals surface area contributed by atoms with Crippen molar-refractivity contribution in [2.75, 3.05) is 7.11 Å². The fourth-order valence-electron chi connectivity index (χ4n) is 2.33. The molecule has 8 heteroatoms. The molecule has 0 aliphatic heterocycles. The first-order chi connectivity index (χ1) is 12.0. The number of hydrogen-bond donors (Lipinski definition) is 1. The number of azo groups is 1. The number of hydrogen-bond acceptors (Lipinski definition) is 6. The van der Waals surface area contributed by atoms with E-state index in [1.165, 1.54) is 13.2 Å². The Kier molecular flexibility index (Phi) is 4.67. The maximum atomic E-state index is 11.6. The second-order valence-electron chi connectivity index (χ2n) is 5.31. The van der Waals surface area contributed by atoms with E-state index < -0.39 is 5.97 Å². The van der Waals surface area contributed by atoms with Crippen molar-refractivity contribution in [1.29, 1.82) is 0 Å². The number of imidazole rings is 1. The van der Waals surface area contributed by atoms with Gasteiger partial charge in [-0.1, -0.05) is 17.7 Å². The van der Waals surface area contributed by atoms with Gasteiger partial charge in [0.05, 0.1) is 24.9 Å². The molecule has 3 aromatic rings. The fraction of sp³-hybridized carbons (Fsp3) is 0.176. The van der Waals surface area contributed by atoms with Crippen LogP contribution in [0.5, 0.6) is 5.75 Å². The summed E-state index contributed by atoms with van der Waals surface area (Å²) in [5.74, 6) is -0.136. The van der Waals surface area contributed by atoms with Gasteiger partial charge in [0.1, 0.15) is 0 Å². The van der Waals surface area contributed by atoms with Crippen LogP contribution in [-0.2, 0) is 16.0 Å². The van der Waals surface area contributed by atoms with Crippen LogP contribution in [0.25, 0.3) is 5.65 Å². The quantitative estimate of drug-likeness (QED) is 0.561. The highest BCUT2D eigenvalue weighted by Crippen LogP contribution is 2.31. The van der Waals surface area contributed by atoms with E-state index in [4.69, 9.17) is 16.3 Å². The molecular formula is C17H15ClN4O3. The molecule has 0 atom stereocenters. The molecular weight excluding hydrogens is 344 g/mol. The number of fused-ring (bicyclic) bond motifs is 1. The summed E-state index contributed by atoms with van der Waals surface area (Å²) >= 11 is 6.10. The van der Waals surface area contributed by atoms with Gasteiger partial charge >= 0.3 is 5.97 Å². The monoisotopic (exact) mass is 358 g/mol. The van der Waals surface area contributed by atoms with Gasteiger partial charge in [0.2, 0.25) is 0 Å². The molecule has 0 fully saturated rings. The first kappa shape index (κ1) is 16.9. The Morgan fingerprint density at radius 2 is 2.12 bits per heavy atom. The third-order valence-electron chi connectivity index (χ3n) is 3.70. The number of carbonyl (C=O) groups excluding carboxylic acids is 1. The average molecular weight is 359 g/mol. The molecule has 0 saturated heterocycles. The molecule has 1 aromatic carbocycles. The van der Waals surface area contributed by atoms with E-state index in [0.717, 1.165) is 5.56 Å². The molecule has 2 heterocycles. The van der Waals surface area contributed by atoms with E-state index >= 15 is 0 Å². The number of esters is 1. The smallest absolute Gasteiger partial charge is 0.311 e. The maximum Gasteiger partial charge on any atom is 0.311 e. The van der Waals surface area contributed by atoms with E-state index in [9.17, 15) is 9.90 Å². The van der Waals surface area contributed by atoms with E-state index in [1.807, 2.05) is 6.92 Å². The van der Waals surface area contributed by atoms with Crippen LogP contribution in [0.3, 0.4) is 0 Å². The van der Waals surface area contributed by atoms with Crippen LogP contribution < -0.4 is 0 Å². The van der Waals surface area contributed by atoms with Crippen LogP contribution in [-0.4, -0.2) is 27.6 Å². The van der Waals surface area contributed by atoms with Crippen molar-refractivity contribution in [3.63, 3.8) is 0 Å². The summed E-state index contributed by atoms with van der Waals surface area (Å²) in [6.45, 7) is 1.84. The summed E-state index contributed by atoms with van der Waals surface area (Å²) in [6, 6.07) is 8.48. The normalized spacial score (nSPS) is 11.3. The molecule has 0 spiro atoms. The third-order valence-corrected chi connectivity index (χ3v) is 4.11. The summed E-state index contributed by atoms with van der Waals surface area (Å²) < 4.78 is 6.26. The average Bonchev–Trinajstić information content (AvgIpc) is 2.95. The Hall–Kier alpha value is -2.93. The lowest BCUT2D eigenvalue weighted by Crippen LogP contribution is -2.04. The molecule has 7 nitrogen and oxygen atoms in total. The topological polar surface area (TPSA) is 88.5 Å². The first-order valence-electron chi connectivity index (χ1n) is 7.44. The number of aromatic nitrogens is 2. The Labute approximate surface area is 148 Å². The molecule has 128 valence electrons. The third kappa shape index (κ3) is 3.32. The van der Waals surface area contributed by atoms with E-state index in [1.54, 1.807) is 34.9 Å². The number of methoxy groups -OCH3 is 1. The van der Waals surface area contributed by atoms with Crippen LogP contribution in [0.4, 0.5) is 11.5 Å². The second kappa shape index (κ2) is 6.90. The predicted octanol–water partition coefficient (Wildman–Crippen LogP) is 4.13. The number of halogens is 1. The summed E-state index contributed by atoms with van der Waals surface area (Å²) in [5.41, 5.74) is 2.04. The zero-order valence-electron chi connectivity index (χ0n) is 13.6. The van der Waals surface area contributed by atoms with Gasteiger partial charge in [-0.3, -0.25) is 9.20 Å². The van der Waals surface area contributed by atoms with Crippen molar-refractivity contribution in [3.8, 4) is 5.75 Å². The fourth-order valence-corrected chi connectivity index (χ4v) is 2.50. The minimum atomic E-state index is -0.460. The standard InChI is InChI=1S/C17H15ClN4O3/c1-10-11(18)5-3-6-12(10)20-21-16-13(9-15(24)25-2)19-17-14(23)7-4-8-22(16)17/h3-8,23H,9H2,1-2H3. The SMILES string of the molecule is COC(=O)Cc1nc2c(O)cccn2c1N=Nc1cccc(Cl)c1C. The number of ether oxygens (including phenoxy) is 1. The number of rotatable bonds is 4. The second-order valence-corrected chi connectivity index (χ2v) is 5.71. The molecule has 0 aliphatic rings. The summed E-state index contributed by atoms with van der Waals surface area (Å²) in [5, 5.41) is 19.0. The van der Waals surface area contributed by atoms with E-state index in [-0.39, 0.29) is 17.8 Å². The minimum Gasteiger partial charge on any atom is -0.504 e. The number of benzene rings is 1. The molecule has 2 aromatic heterocycles. The van der Waals surface area contributed by atoms with Gasteiger partial charge in [0, 0.05) is 11.2 Å². The van der Waals surface area contributed by atoms with Crippen LogP contribution in [0.1, 0.15) is 11.3 Å². The molecule has 0 aliphatic carbocycles. The Balaban J connectivity index is 2.11. The van der Waals surface area contributed by atoms with Gasteiger partial charge in [0.25, 0.3) is 0 Å². The Morgan fingerprint density at radius 1 is 1.32 bits per heavy atom. The Bertz CT molecular complexity index is 981. The molecule has 0 unspecified atom stereocenters. The maximum absolute atomic E-state index is 11.6. The zero-order chi connectivity index (χ0) is 18.0. The number of pyridine rings is 1. The largest absolute Gasteiger partial charge is 0.504 e. The number of nitrogens with zero attached hydrogens (tertiary/aromatic N) is 4. The molecule has 0 saturated carbocycles. The van der Waals surface area contributed by atoms with Gasteiger partial charge in [0.15, 0.2) is 17.2 Å². The van der Waals surface area contributed by atoms with Crippen molar-refractivity contribution >= 4 is 34.7 Å². The van der Waals surface area contributed by atoms with Gasteiger partial charge < -0.3 is 9.84 Å². The van der Waals surface area contributed by atoms with Crippen molar-refractivity contribution < 1.29 is 14.6 Å². The molecule has 3 rings (SSSR count). The highest BCUT2D eigenvalue weighted by Gasteiger charge is 2.17. The van der Waals surface area contributed by atoms with Gasteiger partial charge in [-0.15, -0.1) is 10.2 Å². The summed E-state index contributed by atoms with van der Waals surface area (Å²) in [6.07, 6.45) is 1.60. The van der Waals surface area contributed by atoms with Crippen LogP contribution in [0.2, 0.25) is 5.02 Å². The molecule has 0 bridgehead atoms. The summed E-state index contributed by atoms with van der Waals surface area (Å²) in [7, 11) is 1.30. The number of aromatic hydroxyl groups is 1.